The van der Waals surface area contributed by atoms with E-state index in [1.165, 1.54) is 18.4 Å². The molecule has 1 aromatic rings. The Labute approximate surface area is 82.9 Å². The van der Waals surface area contributed by atoms with Gasteiger partial charge in [0.1, 0.15) is 0 Å². The van der Waals surface area contributed by atoms with Crippen molar-refractivity contribution in [2.45, 2.75) is 25.2 Å². The fourth-order valence-electron chi connectivity index (χ4n) is 1.50. The molecule has 0 unspecified atom stereocenters. The maximum atomic E-state index is 8.51. The normalized spacial score (nSPS) is 15.4. The summed E-state index contributed by atoms with van der Waals surface area (Å²) in [5.41, 5.74) is 2.26. The van der Waals surface area contributed by atoms with Crippen LogP contribution in [0.15, 0.2) is 18.2 Å². The third-order valence-corrected chi connectivity index (χ3v) is 2.69. The van der Waals surface area contributed by atoms with Crippen molar-refractivity contribution in [2.75, 3.05) is 0 Å². The van der Waals surface area contributed by atoms with Gasteiger partial charge in [0.25, 0.3) is 0 Å². The molecule has 0 radical (unpaired) electrons. The molecular formula is C11H10ClN. The Hall–Kier alpha value is -1.00. The number of nitriles is 1. The van der Waals surface area contributed by atoms with E-state index in [4.69, 9.17) is 16.9 Å². The summed E-state index contributed by atoms with van der Waals surface area (Å²) >= 11 is 6.09. The van der Waals surface area contributed by atoms with E-state index in [1.807, 2.05) is 12.1 Å². The molecule has 2 rings (SSSR count). The van der Waals surface area contributed by atoms with Crippen LogP contribution in [0, 0.1) is 11.3 Å². The van der Waals surface area contributed by atoms with Gasteiger partial charge in [-0.1, -0.05) is 23.7 Å². The van der Waals surface area contributed by atoms with Gasteiger partial charge in [-0.15, -0.1) is 0 Å². The highest BCUT2D eigenvalue weighted by Gasteiger charge is 2.25. The molecule has 0 amide bonds. The Kier molecular flexibility index (Phi) is 2.24. The SMILES string of the molecule is N#CCc1ccc(C2CC2)c(Cl)c1. The fraction of sp³-hybridized carbons (Fsp3) is 0.364. The van der Waals surface area contributed by atoms with Crippen LogP contribution >= 0.6 is 11.6 Å². The summed E-state index contributed by atoms with van der Waals surface area (Å²) in [7, 11) is 0. The van der Waals surface area contributed by atoms with Crippen molar-refractivity contribution in [1.29, 1.82) is 5.26 Å². The highest BCUT2D eigenvalue weighted by molar-refractivity contribution is 6.31. The predicted octanol–water partition coefficient (Wildman–Crippen LogP) is 3.28. The molecule has 0 aromatic heterocycles. The van der Waals surface area contributed by atoms with Crippen LogP contribution in [0.1, 0.15) is 29.9 Å². The molecule has 0 N–H and O–H groups in total. The molecule has 1 saturated carbocycles. The van der Waals surface area contributed by atoms with Crippen LogP contribution in [-0.2, 0) is 6.42 Å². The van der Waals surface area contributed by atoms with E-state index < -0.39 is 0 Å². The number of halogens is 1. The molecule has 1 fully saturated rings. The Morgan fingerprint density at radius 3 is 2.77 bits per heavy atom. The Morgan fingerprint density at radius 1 is 1.46 bits per heavy atom. The van der Waals surface area contributed by atoms with Gasteiger partial charge in [-0.25, -0.2) is 0 Å². The van der Waals surface area contributed by atoms with E-state index in [9.17, 15) is 0 Å². The van der Waals surface area contributed by atoms with Crippen molar-refractivity contribution in [3.63, 3.8) is 0 Å². The second-order valence-corrected chi connectivity index (χ2v) is 3.87. The molecule has 1 aliphatic carbocycles. The maximum absolute atomic E-state index is 8.51. The van der Waals surface area contributed by atoms with Crippen molar-refractivity contribution in [2.24, 2.45) is 0 Å². The smallest absolute Gasteiger partial charge is 0.0669 e. The maximum Gasteiger partial charge on any atom is 0.0669 e. The third kappa shape index (κ3) is 1.84. The van der Waals surface area contributed by atoms with Crippen LogP contribution in [0.5, 0.6) is 0 Å². The number of hydrogen-bond donors (Lipinski definition) is 0. The van der Waals surface area contributed by atoms with Gasteiger partial charge in [0.15, 0.2) is 0 Å². The summed E-state index contributed by atoms with van der Waals surface area (Å²) in [6, 6.07) is 8.10. The summed E-state index contributed by atoms with van der Waals surface area (Å²) in [5.74, 6) is 0.684. The molecule has 0 bridgehead atoms. The van der Waals surface area contributed by atoms with E-state index in [1.54, 1.807) is 0 Å². The van der Waals surface area contributed by atoms with Gasteiger partial charge in [-0.3, -0.25) is 0 Å². The summed E-state index contributed by atoms with van der Waals surface area (Å²) in [6.45, 7) is 0. The summed E-state index contributed by atoms with van der Waals surface area (Å²) in [6.07, 6.45) is 2.97. The first-order valence-electron chi connectivity index (χ1n) is 4.46. The number of nitrogens with zero attached hydrogens (tertiary/aromatic N) is 1. The molecule has 2 heteroatoms. The van der Waals surface area contributed by atoms with E-state index in [0.717, 1.165) is 10.6 Å². The van der Waals surface area contributed by atoms with Crippen LogP contribution in [0.4, 0.5) is 0 Å². The Bertz CT molecular complexity index is 361. The molecule has 66 valence electrons. The summed E-state index contributed by atoms with van der Waals surface area (Å²) in [4.78, 5) is 0. The topological polar surface area (TPSA) is 23.8 Å². The number of hydrogen-bond acceptors (Lipinski definition) is 1. The van der Waals surface area contributed by atoms with Gasteiger partial charge >= 0.3 is 0 Å². The summed E-state index contributed by atoms with van der Waals surface area (Å²) < 4.78 is 0. The van der Waals surface area contributed by atoms with Gasteiger partial charge in [-0.05, 0) is 36.0 Å². The van der Waals surface area contributed by atoms with Crippen molar-refractivity contribution >= 4 is 11.6 Å². The standard InChI is InChI=1S/C11H10ClN/c12-11-7-8(5-6-13)1-4-10(11)9-2-3-9/h1,4,7,9H,2-3,5H2. The highest BCUT2D eigenvalue weighted by atomic mass is 35.5. The quantitative estimate of drug-likeness (QED) is 0.704. The molecule has 1 aromatic carbocycles. The average Bonchev–Trinajstić information content (AvgIpc) is 2.88. The molecule has 1 aliphatic rings. The van der Waals surface area contributed by atoms with Gasteiger partial charge in [-0.2, -0.15) is 5.26 Å². The molecule has 0 spiro atoms. The largest absolute Gasteiger partial charge is 0.198 e. The van der Waals surface area contributed by atoms with Gasteiger partial charge in [0.2, 0.25) is 0 Å². The zero-order chi connectivity index (χ0) is 9.26. The second kappa shape index (κ2) is 3.40. The van der Waals surface area contributed by atoms with Gasteiger partial charge in [0, 0.05) is 5.02 Å². The first kappa shape index (κ1) is 8.59. The van der Waals surface area contributed by atoms with E-state index in [-0.39, 0.29) is 0 Å². The molecule has 0 heterocycles. The minimum Gasteiger partial charge on any atom is -0.198 e. The van der Waals surface area contributed by atoms with Crippen molar-refractivity contribution < 1.29 is 0 Å². The average molecular weight is 192 g/mol. The van der Waals surface area contributed by atoms with Crippen molar-refractivity contribution in [3.05, 3.63) is 34.3 Å². The minimum atomic E-state index is 0.449. The molecular weight excluding hydrogens is 182 g/mol. The van der Waals surface area contributed by atoms with Crippen LogP contribution in [0.2, 0.25) is 5.02 Å². The molecule has 13 heavy (non-hydrogen) atoms. The van der Waals surface area contributed by atoms with E-state index in [0.29, 0.717) is 12.3 Å². The molecule has 0 atom stereocenters. The Morgan fingerprint density at radius 2 is 2.23 bits per heavy atom. The zero-order valence-corrected chi connectivity index (χ0v) is 8.01. The zero-order valence-electron chi connectivity index (χ0n) is 7.26. The lowest BCUT2D eigenvalue weighted by Gasteiger charge is -2.03. The lowest BCUT2D eigenvalue weighted by atomic mass is 10.1. The summed E-state index contributed by atoms with van der Waals surface area (Å²) in [5, 5.41) is 9.34. The minimum absolute atomic E-state index is 0.449. The first-order valence-corrected chi connectivity index (χ1v) is 4.84. The lowest BCUT2D eigenvalue weighted by molar-refractivity contribution is 1.12. The van der Waals surface area contributed by atoms with Crippen LogP contribution in [0.25, 0.3) is 0 Å². The highest BCUT2D eigenvalue weighted by Crippen LogP contribution is 2.43. The number of benzene rings is 1. The lowest BCUT2D eigenvalue weighted by Crippen LogP contribution is -1.86. The third-order valence-electron chi connectivity index (χ3n) is 2.37. The predicted molar refractivity (Wildman–Crippen MR) is 52.7 cm³/mol. The second-order valence-electron chi connectivity index (χ2n) is 3.47. The fourth-order valence-corrected chi connectivity index (χ4v) is 1.85. The van der Waals surface area contributed by atoms with Gasteiger partial charge in [0.05, 0.1) is 12.5 Å². The van der Waals surface area contributed by atoms with E-state index >= 15 is 0 Å². The number of rotatable bonds is 2. The van der Waals surface area contributed by atoms with Crippen molar-refractivity contribution in [3.8, 4) is 6.07 Å². The van der Waals surface area contributed by atoms with Crippen LogP contribution in [0.3, 0.4) is 0 Å². The molecule has 0 aliphatic heterocycles. The van der Waals surface area contributed by atoms with E-state index in [2.05, 4.69) is 12.1 Å². The first-order chi connectivity index (χ1) is 6.31. The van der Waals surface area contributed by atoms with Crippen LogP contribution < -0.4 is 0 Å². The Balaban J connectivity index is 2.27. The van der Waals surface area contributed by atoms with Crippen LogP contribution in [-0.4, -0.2) is 0 Å². The molecule has 0 saturated heterocycles. The molecule has 1 nitrogen and oxygen atoms in total. The monoisotopic (exact) mass is 191 g/mol. The van der Waals surface area contributed by atoms with Crippen molar-refractivity contribution in [1.82, 2.24) is 0 Å². The van der Waals surface area contributed by atoms with Gasteiger partial charge < -0.3 is 0 Å².